The highest BCUT2D eigenvalue weighted by Crippen LogP contribution is 2.48. The van der Waals surface area contributed by atoms with Gasteiger partial charge in [-0.15, -0.1) is 24.0 Å². The van der Waals surface area contributed by atoms with Crippen molar-refractivity contribution in [3.8, 4) is 0 Å². The number of ether oxygens (including phenoxy) is 1. The van der Waals surface area contributed by atoms with Crippen LogP contribution in [0.25, 0.3) is 0 Å². The molecule has 2 aliphatic heterocycles. The summed E-state index contributed by atoms with van der Waals surface area (Å²) in [5.74, 6) is 1.15. The van der Waals surface area contributed by atoms with Crippen LogP contribution in [0.5, 0.6) is 0 Å². The number of hydrogen-bond acceptors (Lipinski definition) is 3. The molecule has 160 valence electrons. The number of hydrogen-bond donors (Lipinski definition) is 1. The molecule has 0 spiro atoms. The Morgan fingerprint density at radius 2 is 1.86 bits per heavy atom. The summed E-state index contributed by atoms with van der Waals surface area (Å²) in [7, 11) is 0. The molecular weight excluding hydrogens is 479 g/mol. The third kappa shape index (κ3) is 5.23. The molecule has 2 heterocycles. The van der Waals surface area contributed by atoms with Gasteiger partial charge in [0.2, 0.25) is 0 Å². The number of guanidine groups is 1. The largest absolute Gasteiger partial charge is 0.368 e. The van der Waals surface area contributed by atoms with Crippen LogP contribution in [0.15, 0.2) is 35.3 Å². The fraction of sp³-hybridized carbons (Fsp3) is 0.636. The summed E-state index contributed by atoms with van der Waals surface area (Å²) in [6.45, 7) is 7.64. The molecule has 1 aromatic rings. The minimum absolute atomic E-state index is 0. The van der Waals surface area contributed by atoms with Gasteiger partial charge in [0, 0.05) is 44.7 Å². The van der Waals surface area contributed by atoms with Crippen molar-refractivity contribution >= 4 is 35.8 Å². The molecule has 0 radical (unpaired) electrons. The molecule has 1 N–H and O–H groups in total. The normalized spacial score (nSPS) is 23.5. The Morgan fingerprint density at radius 3 is 2.45 bits per heavy atom. The van der Waals surface area contributed by atoms with Gasteiger partial charge in [-0.3, -0.25) is 9.79 Å². The molecule has 0 aromatic heterocycles. The van der Waals surface area contributed by atoms with Gasteiger partial charge in [0.05, 0.1) is 6.54 Å². The Morgan fingerprint density at radius 1 is 1.17 bits per heavy atom. The molecule has 1 amide bonds. The Labute approximate surface area is 191 Å². The number of rotatable bonds is 5. The molecule has 3 fully saturated rings. The molecule has 1 atom stereocenters. The molecule has 1 saturated carbocycles. The summed E-state index contributed by atoms with van der Waals surface area (Å²) in [6, 6.07) is 10.8. The van der Waals surface area contributed by atoms with E-state index in [4.69, 9.17) is 9.73 Å². The summed E-state index contributed by atoms with van der Waals surface area (Å²) in [6.07, 6.45) is 4.07. The predicted molar refractivity (Wildman–Crippen MR) is 126 cm³/mol. The highest BCUT2D eigenvalue weighted by molar-refractivity contribution is 14.0. The average molecular weight is 512 g/mol. The fourth-order valence-electron chi connectivity index (χ4n) is 4.25. The summed E-state index contributed by atoms with van der Waals surface area (Å²) >= 11 is 0. The van der Waals surface area contributed by atoms with Crippen LogP contribution in [-0.2, 0) is 14.9 Å². The minimum atomic E-state index is -0.214. The van der Waals surface area contributed by atoms with E-state index in [-0.39, 0.29) is 41.4 Å². The van der Waals surface area contributed by atoms with E-state index in [1.807, 2.05) is 4.90 Å². The number of halogens is 1. The van der Waals surface area contributed by atoms with Crippen LogP contribution in [0, 0.1) is 0 Å². The number of benzene rings is 1. The molecule has 29 heavy (non-hydrogen) atoms. The van der Waals surface area contributed by atoms with Crippen LogP contribution < -0.4 is 5.32 Å². The SMILES string of the molecule is CCNC(=NCC1(c2ccccc2)CC1)N1CCN(C(=O)C2CCCO2)CC1.I. The molecule has 2 saturated heterocycles. The van der Waals surface area contributed by atoms with Gasteiger partial charge in [-0.2, -0.15) is 0 Å². The number of aliphatic imine (C=N–C) groups is 1. The van der Waals surface area contributed by atoms with Crippen LogP contribution in [0.1, 0.15) is 38.2 Å². The lowest BCUT2D eigenvalue weighted by Crippen LogP contribution is -2.55. The Kier molecular flexibility index (Phi) is 7.79. The summed E-state index contributed by atoms with van der Waals surface area (Å²) in [5.41, 5.74) is 1.63. The van der Waals surface area contributed by atoms with Crippen molar-refractivity contribution in [3.63, 3.8) is 0 Å². The summed E-state index contributed by atoms with van der Waals surface area (Å²) in [4.78, 5) is 21.8. The van der Waals surface area contributed by atoms with Crippen LogP contribution in [0.3, 0.4) is 0 Å². The molecule has 0 bridgehead atoms. The van der Waals surface area contributed by atoms with Gasteiger partial charge in [0.25, 0.3) is 5.91 Å². The fourth-order valence-corrected chi connectivity index (χ4v) is 4.25. The first kappa shape index (κ1) is 22.3. The average Bonchev–Trinajstić information content (AvgIpc) is 3.34. The first-order valence-electron chi connectivity index (χ1n) is 10.7. The molecule has 3 aliphatic rings. The van der Waals surface area contributed by atoms with E-state index in [1.165, 1.54) is 18.4 Å². The Hall–Kier alpha value is -1.35. The van der Waals surface area contributed by atoms with Gasteiger partial charge >= 0.3 is 0 Å². The van der Waals surface area contributed by atoms with E-state index >= 15 is 0 Å². The topological polar surface area (TPSA) is 57.2 Å². The maximum atomic E-state index is 12.6. The predicted octanol–water partition coefficient (Wildman–Crippen LogP) is 2.62. The second-order valence-electron chi connectivity index (χ2n) is 8.13. The second-order valence-corrected chi connectivity index (χ2v) is 8.13. The zero-order valence-corrected chi connectivity index (χ0v) is 19.6. The monoisotopic (exact) mass is 512 g/mol. The first-order valence-corrected chi connectivity index (χ1v) is 10.7. The van der Waals surface area contributed by atoms with Crippen molar-refractivity contribution in [3.05, 3.63) is 35.9 Å². The van der Waals surface area contributed by atoms with E-state index in [2.05, 4.69) is 47.5 Å². The zero-order chi connectivity index (χ0) is 19.4. The molecule has 7 heteroatoms. The van der Waals surface area contributed by atoms with Gasteiger partial charge in [0.15, 0.2) is 5.96 Å². The van der Waals surface area contributed by atoms with Crippen LogP contribution in [0.2, 0.25) is 0 Å². The van der Waals surface area contributed by atoms with Crippen LogP contribution in [-0.4, -0.2) is 73.6 Å². The number of piperazine rings is 1. The van der Waals surface area contributed by atoms with Crippen LogP contribution in [0.4, 0.5) is 0 Å². The van der Waals surface area contributed by atoms with Crippen molar-refractivity contribution in [2.24, 2.45) is 4.99 Å². The molecule has 6 nitrogen and oxygen atoms in total. The standard InChI is InChI=1S/C22H32N4O2.HI/c1-2-23-21(24-17-22(10-11-22)18-7-4-3-5-8-18)26-14-12-25(13-15-26)20(27)19-9-6-16-28-19;/h3-5,7-8,19H,2,6,9-17H2,1H3,(H,23,24);1H. The maximum absolute atomic E-state index is 12.6. The smallest absolute Gasteiger partial charge is 0.251 e. The van der Waals surface area contributed by atoms with Crippen molar-refractivity contribution in [2.45, 2.75) is 44.1 Å². The van der Waals surface area contributed by atoms with Gasteiger partial charge in [-0.25, -0.2) is 0 Å². The van der Waals surface area contributed by atoms with Gasteiger partial charge in [-0.1, -0.05) is 30.3 Å². The van der Waals surface area contributed by atoms with E-state index < -0.39 is 0 Å². The molecule has 4 rings (SSSR count). The lowest BCUT2D eigenvalue weighted by Gasteiger charge is -2.37. The molecule has 1 aliphatic carbocycles. The minimum Gasteiger partial charge on any atom is -0.368 e. The summed E-state index contributed by atoms with van der Waals surface area (Å²) in [5, 5.41) is 3.45. The highest BCUT2D eigenvalue weighted by Gasteiger charge is 2.44. The number of carbonyl (C=O) groups is 1. The van der Waals surface area contributed by atoms with Gasteiger partial charge in [0.1, 0.15) is 6.10 Å². The van der Waals surface area contributed by atoms with E-state index in [1.54, 1.807) is 0 Å². The number of carbonyl (C=O) groups excluding carboxylic acids is 1. The second kappa shape index (κ2) is 10.1. The van der Waals surface area contributed by atoms with E-state index in [0.29, 0.717) is 0 Å². The first-order chi connectivity index (χ1) is 13.7. The number of nitrogens with one attached hydrogen (secondary N) is 1. The quantitative estimate of drug-likeness (QED) is 0.375. The third-order valence-electron chi connectivity index (χ3n) is 6.20. The Bertz CT molecular complexity index is 694. The van der Waals surface area contributed by atoms with Crippen molar-refractivity contribution < 1.29 is 9.53 Å². The number of nitrogens with zero attached hydrogens (tertiary/aromatic N) is 3. The summed E-state index contributed by atoms with van der Waals surface area (Å²) < 4.78 is 5.56. The van der Waals surface area contributed by atoms with Crippen molar-refractivity contribution in [1.29, 1.82) is 0 Å². The Balaban J connectivity index is 0.00000240. The lowest BCUT2D eigenvalue weighted by molar-refractivity contribution is -0.142. The zero-order valence-electron chi connectivity index (χ0n) is 17.3. The van der Waals surface area contributed by atoms with E-state index in [0.717, 1.165) is 64.7 Å². The van der Waals surface area contributed by atoms with Gasteiger partial charge < -0.3 is 19.9 Å². The third-order valence-corrected chi connectivity index (χ3v) is 6.20. The molecule has 1 unspecified atom stereocenters. The molecule has 1 aromatic carbocycles. The lowest BCUT2D eigenvalue weighted by atomic mass is 9.96. The van der Waals surface area contributed by atoms with E-state index in [9.17, 15) is 4.79 Å². The van der Waals surface area contributed by atoms with Crippen molar-refractivity contribution in [2.75, 3.05) is 45.9 Å². The molecular formula is C22H33IN4O2. The number of amides is 1. The van der Waals surface area contributed by atoms with Crippen molar-refractivity contribution in [1.82, 2.24) is 15.1 Å². The highest BCUT2D eigenvalue weighted by atomic mass is 127. The van der Waals surface area contributed by atoms with Crippen LogP contribution >= 0.6 is 24.0 Å². The van der Waals surface area contributed by atoms with Gasteiger partial charge in [-0.05, 0) is 38.2 Å². The maximum Gasteiger partial charge on any atom is 0.251 e.